The molecule has 6 heteroatoms. The SMILES string of the molecule is CCCCCCOc1cccc(NC(=S)NC(=O)c2cccc(Cl)c2)c1. The van der Waals surface area contributed by atoms with Crippen LogP contribution in [-0.4, -0.2) is 17.6 Å². The first kappa shape index (κ1) is 20.2. The van der Waals surface area contributed by atoms with Gasteiger partial charge in [-0.3, -0.25) is 10.1 Å². The van der Waals surface area contributed by atoms with E-state index in [1.165, 1.54) is 19.3 Å². The minimum atomic E-state index is -0.312. The first-order valence-electron chi connectivity index (χ1n) is 8.69. The van der Waals surface area contributed by atoms with Crippen molar-refractivity contribution >= 4 is 40.5 Å². The molecule has 0 atom stereocenters. The minimum Gasteiger partial charge on any atom is -0.494 e. The fourth-order valence-corrected chi connectivity index (χ4v) is 2.75. The summed E-state index contributed by atoms with van der Waals surface area (Å²) in [5, 5.41) is 6.35. The van der Waals surface area contributed by atoms with Gasteiger partial charge in [-0.15, -0.1) is 0 Å². The van der Waals surface area contributed by atoms with Crippen LogP contribution in [0, 0.1) is 0 Å². The Morgan fingerprint density at radius 2 is 1.92 bits per heavy atom. The van der Waals surface area contributed by atoms with Crippen LogP contribution >= 0.6 is 23.8 Å². The lowest BCUT2D eigenvalue weighted by Crippen LogP contribution is -2.34. The number of rotatable bonds is 8. The lowest BCUT2D eigenvalue weighted by molar-refractivity contribution is 0.0977. The zero-order chi connectivity index (χ0) is 18.8. The molecule has 0 aliphatic rings. The Kier molecular flexibility index (Phi) is 8.38. The van der Waals surface area contributed by atoms with E-state index < -0.39 is 0 Å². The van der Waals surface area contributed by atoms with E-state index in [9.17, 15) is 4.79 Å². The zero-order valence-electron chi connectivity index (χ0n) is 14.8. The average molecular weight is 391 g/mol. The number of ether oxygens (including phenoxy) is 1. The van der Waals surface area contributed by atoms with Crippen LogP contribution in [0.3, 0.4) is 0 Å². The molecule has 2 N–H and O–H groups in total. The Morgan fingerprint density at radius 3 is 2.69 bits per heavy atom. The first-order chi connectivity index (χ1) is 12.6. The van der Waals surface area contributed by atoms with Gasteiger partial charge in [0.05, 0.1) is 6.61 Å². The van der Waals surface area contributed by atoms with Gasteiger partial charge in [-0.05, 0) is 49.0 Å². The molecule has 2 rings (SSSR count). The normalized spacial score (nSPS) is 10.2. The van der Waals surface area contributed by atoms with E-state index in [-0.39, 0.29) is 11.0 Å². The highest BCUT2D eigenvalue weighted by atomic mass is 35.5. The van der Waals surface area contributed by atoms with Crippen LogP contribution < -0.4 is 15.4 Å². The minimum absolute atomic E-state index is 0.218. The highest BCUT2D eigenvalue weighted by Gasteiger charge is 2.08. The Hall–Kier alpha value is -2.11. The third kappa shape index (κ3) is 7.02. The smallest absolute Gasteiger partial charge is 0.257 e. The molecule has 0 spiro atoms. The van der Waals surface area contributed by atoms with Crippen molar-refractivity contribution in [3.8, 4) is 5.75 Å². The van der Waals surface area contributed by atoms with Gasteiger partial charge in [0.15, 0.2) is 5.11 Å². The largest absolute Gasteiger partial charge is 0.494 e. The molecule has 0 unspecified atom stereocenters. The molecule has 0 aliphatic carbocycles. The number of anilines is 1. The Bertz CT molecular complexity index is 752. The number of hydrogen-bond acceptors (Lipinski definition) is 3. The summed E-state index contributed by atoms with van der Waals surface area (Å²) < 4.78 is 5.75. The maximum atomic E-state index is 12.2. The summed E-state index contributed by atoms with van der Waals surface area (Å²) in [6.45, 7) is 2.88. The predicted octanol–water partition coefficient (Wildman–Crippen LogP) is 5.43. The summed E-state index contributed by atoms with van der Waals surface area (Å²) in [5.41, 5.74) is 1.21. The van der Waals surface area contributed by atoms with Gasteiger partial charge in [0.2, 0.25) is 0 Å². The number of carbonyl (C=O) groups is 1. The molecular formula is C20H23ClN2O2S. The van der Waals surface area contributed by atoms with Crippen LogP contribution in [-0.2, 0) is 0 Å². The van der Waals surface area contributed by atoms with Crippen LogP contribution in [0.1, 0.15) is 43.0 Å². The summed E-state index contributed by atoms with van der Waals surface area (Å²) in [6.07, 6.45) is 4.65. The molecule has 0 fully saturated rings. The molecule has 26 heavy (non-hydrogen) atoms. The van der Waals surface area contributed by atoms with Gasteiger partial charge in [-0.1, -0.05) is 49.9 Å². The molecule has 2 aromatic carbocycles. The maximum Gasteiger partial charge on any atom is 0.257 e. The molecule has 0 aromatic heterocycles. The third-order valence-corrected chi connectivity index (χ3v) is 4.11. The summed E-state index contributed by atoms with van der Waals surface area (Å²) in [4.78, 5) is 12.2. The van der Waals surface area contributed by atoms with Gasteiger partial charge >= 0.3 is 0 Å². The van der Waals surface area contributed by atoms with E-state index in [1.807, 2.05) is 24.3 Å². The quantitative estimate of drug-likeness (QED) is 0.466. The first-order valence-corrected chi connectivity index (χ1v) is 9.48. The van der Waals surface area contributed by atoms with Crippen molar-refractivity contribution in [3.05, 3.63) is 59.1 Å². The van der Waals surface area contributed by atoms with Gasteiger partial charge in [-0.2, -0.15) is 0 Å². The second-order valence-corrected chi connectivity index (χ2v) is 6.70. The number of nitrogens with one attached hydrogen (secondary N) is 2. The van der Waals surface area contributed by atoms with Gasteiger partial charge < -0.3 is 10.1 Å². The number of halogens is 1. The van der Waals surface area contributed by atoms with Gasteiger partial charge in [0.1, 0.15) is 5.75 Å². The molecular weight excluding hydrogens is 368 g/mol. The Labute approximate surface area is 164 Å². The van der Waals surface area contributed by atoms with E-state index in [0.717, 1.165) is 17.9 Å². The van der Waals surface area contributed by atoms with Crippen molar-refractivity contribution in [2.45, 2.75) is 32.6 Å². The van der Waals surface area contributed by atoms with E-state index in [2.05, 4.69) is 17.6 Å². The molecule has 0 bridgehead atoms. The van der Waals surface area contributed by atoms with Crippen molar-refractivity contribution in [2.75, 3.05) is 11.9 Å². The lowest BCUT2D eigenvalue weighted by Gasteiger charge is -2.11. The van der Waals surface area contributed by atoms with E-state index in [0.29, 0.717) is 17.2 Å². The summed E-state index contributed by atoms with van der Waals surface area (Å²) >= 11 is 11.1. The molecule has 0 heterocycles. The fraction of sp³-hybridized carbons (Fsp3) is 0.300. The molecule has 0 saturated heterocycles. The molecule has 2 aromatic rings. The topological polar surface area (TPSA) is 50.4 Å². The molecule has 4 nitrogen and oxygen atoms in total. The van der Waals surface area contributed by atoms with Gasteiger partial charge in [0.25, 0.3) is 5.91 Å². The summed E-state index contributed by atoms with van der Waals surface area (Å²) in [6, 6.07) is 14.2. The van der Waals surface area contributed by atoms with Gasteiger partial charge in [0, 0.05) is 22.3 Å². The molecule has 0 radical (unpaired) electrons. The van der Waals surface area contributed by atoms with Crippen LogP contribution in [0.2, 0.25) is 5.02 Å². The highest BCUT2D eigenvalue weighted by Crippen LogP contribution is 2.18. The second kappa shape index (κ2) is 10.8. The Morgan fingerprint density at radius 1 is 1.12 bits per heavy atom. The fourth-order valence-electron chi connectivity index (χ4n) is 2.35. The van der Waals surface area contributed by atoms with Crippen molar-refractivity contribution in [1.82, 2.24) is 5.32 Å². The van der Waals surface area contributed by atoms with Gasteiger partial charge in [-0.25, -0.2) is 0 Å². The third-order valence-electron chi connectivity index (χ3n) is 3.67. The number of carbonyl (C=O) groups excluding carboxylic acids is 1. The van der Waals surface area contributed by atoms with E-state index >= 15 is 0 Å². The number of hydrogen-bond donors (Lipinski definition) is 2. The van der Waals surface area contributed by atoms with Crippen molar-refractivity contribution in [1.29, 1.82) is 0 Å². The summed E-state index contributed by atoms with van der Waals surface area (Å²) in [7, 11) is 0. The molecule has 0 saturated carbocycles. The standard InChI is InChI=1S/C20H23ClN2O2S/c1-2-3-4-5-12-25-18-11-7-10-17(14-18)22-20(26)23-19(24)15-8-6-9-16(21)13-15/h6-11,13-14H,2-5,12H2,1H3,(H2,22,23,24,26). The number of unbranched alkanes of at least 4 members (excludes halogenated alkanes) is 3. The van der Waals surface area contributed by atoms with Crippen LogP contribution in [0.25, 0.3) is 0 Å². The van der Waals surface area contributed by atoms with Crippen LogP contribution in [0.4, 0.5) is 5.69 Å². The monoisotopic (exact) mass is 390 g/mol. The second-order valence-electron chi connectivity index (χ2n) is 5.86. The van der Waals surface area contributed by atoms with Crippen molar-refractivity contribution in [2.24, 2.45) is 0 Å². The molecule has 1 amide bonds. The number of benzene rings is 2. The van der Waals surface area contributed by atoms with Crippen molar-refractivity contribution < 1.29 is 9.53 Å². The predicted molar refractivity (Wildman–Crippen MR) is 111 cm³/mol. The van der Waals surface area contributed by atoms with E-state index in [1.54, 1.807) is 24.3 Å². The van der Waals surface area contributed by atoms with E-state index in [4.69, 9.17) is 28.6 Å². The Balaban J connectivity index is 1.84. The average Bonchev–Trinajstić information content (AvgIpc) is 2.61. The van der Waals surface area contributed by atoms with Crippen LogP contribution in [0.5, 0.6) is 5.75 Å². The van der Waals surface area contributed by atoms with Crippen LogP contribution in [0.15, 0.2) is 48.5 Å². The molecule has 0 aliphatic heterocycles. The maximum absolute atomic E-state index is 12.2. The number of amides is 1. The van der Waals surface area contributed by atoms with Crippen molar-refractivity contribution in [3.63, 3.8) is 0 Å². The molecule has 138 valence electrons. The zero-order valence-corrected chi connectivity index (χ0v) is 16.3. The summed E-state index contributed by atoms with van der Waals surface area (Å²) in [5.74, 6) is 0.462. The number of thiocarbonyl (C=S) groups is 1. The lowest BCUT2D eigenvalue weighted by atomic mass is 10.2. The highest BCUT2D eigenvalue weighted by molar-refractivity contribution is 7.80.